The van der Waals surface area contributed by atoms with Crippen LogP contribution in [-0.4, -0.2) is 17.8 Å². The highest BCUT2D eigenvalue weighted by Crippen LogP contribution is 2.29. The van der Waals surface area contributed by atoms with Gasteiger partial charge in [0.2, 0.25) is 0 Å². The van der Waals surface area contributed by atoms with Crippen LogP contribution < -0.4 is 10.2 Å². The number of carbonyl (C=O) groups is 3. The molecule has 1 N–H and O–H groups in total. The summed E-state index contributed by atoms with van der Waals surface area (Å²) in [7, 11) is 0. The molecule has 1 aliphatic heterocycles. The molecule has 0 spiro atoms. The molecule has 1 fully saturated rings. The molecule has 4 rings (SSSR count). The van der Waals surface area contributed by atoms with Gasteiger partial charge in [-0.25, -0.2) is 14.1 Å². The van der Waals surface area contributed by atoms with Gasteiger partial charge in [-0.05, 0) is 47.0 Å². The molecule has 32 heavy (non-hydrogen) atoms. The van der Waals surface area contributed by atoms with Crippen LogP contribution in [-0.2, 0) is 16.0 Å². The predicted molar refractivity (Wildman–Crippen MR) is 124 cm³/mol. The van der Waals surface area contributed by atoms with E-state index >= 15 is 0 Å². The van der Waals surface area contributed by atoms with Crippen LogP contribution in [0.2, 0.25) is 5.02 Å². The van der Waals surface area contributed by atoms with E-state index < -0.39 is 17.8 Å². The summed E-state index contributed by atoms with van der Waals surface area (Å²) in [5.41, 5.74) is 1.91. The lowest BCUT2D eigenvalue weighted by Crippen LogP contribution is -2.54. The zero-order valence-electron chi connectivity index (χ0n) is 16.4. The van der Waals surface area contributed by atoms with Crippen LogP contribution in [0.25, 0.3) is 6.08 Å². The topological polar surface area (TPSA) is 66.5 Å². The quantitative estimate of drug-likeness (QED) is 0.370. The number of barbiturate groups is 1. The van der Waals surface area contributed by atoms with E-state index in [4.69, 9.17) is 11.6 Å². The largest absolute Gasteiger partial charge is 0.335 e. The van der Waals surface area contributed by atoms with Gasteiger partial charge >= 0.3 is 6.03 Å². The van der Waals surface area contributed by atoms with Gasteiger partial charge in [-0.1, -0.05) is 70.0 Å². The Hall–Kier alpha value is -3.29. The van der Waals surface area contributed by atoms with Crippen molar-refractivity contribution < 1.29 is 18.8 Å². The van der Waals surface area contributed by atoms with Gasteiger partial charge in [0.1, 0.15) is 11.4 Å². The minimum Gasteiger partial charge on any atom is -0.273 e. The number of imide groups is 2. The molecule has 1 heterocycles. The third kappa shape index (κ3) is 4.35. The molecule has 160 valence electrons. The van der Waals surface area contributed by atoms with Crippen molar-refractivity contribution in [1.82, 2.24) is 5.32 Å². The molecule has 0 aliphatic carbocycles. The molecule has 8 heteroatoms. The molecule has 1 aliphatic rings. The fourth-order valence-corrected chi connectivity index (χ4v) is 4.08. The van der Waals surface area contributed by atoms with Crippen LogP contribution in [0, 0.1) is 5.82 Å². The number of urea groups is 1. The standard InChI is InChI=1S/C24H15BrClFN2O3/c25-18-12-14(9-10-15(18)13-16-5-1-3-7-20(16)27)11-17-22(30)28-24(32)29(23(17)31)21-8-4-2-6-19(21)26/h1-12H,13H2,(H,28,30,32)/b17-11+. The third-order valence-corrected chi connectivity index (χ3v) is 5.98. The monoisotopic (exact) mass is 512 g/mol. The van der Waals surface area contributed by atoms with E-state index in [1.807, 2.05) is 0 Å². The minimum absolute atomic E-state index is 0.177. The van der Waals surface area contributed by atoms with Gasteiger partial charge in [-0.3, -0.25) is 14.9 Å². The van der Waals surface area contributed by atoms with E-state index in [9.17, 15) is 18.8 Å². The lowest BCUT2D eigenvalue weighted by molar-refractivity contribution is -0.122. The van der Waals surface area contributed by atoms with E-state index in [0.29, 0.717) is 22.0 Å². The number of amides is 4. The summed E-state index contributed by atoms with van der Waals surface area (Å²) in [6.07, 6.45) is 1.77. The lowest BCUT2D eigenvalue weighted by Gasteiger charge is -2.27. The number of para-hydroxylation sites is 1. The van der Waals surface area contributed by atoms with Gasteiger partial charge in [-0.2, -0.15) is 0 Å². The van der Waals surface area contributed by atoms with Crippen molar-refractivity contribution in [3.05, 3.63) is 104 Å². The maximum absolute atomic E-state index is 14.0. The predicted octanol–water partition coefficient (Wildman–Crippen LogP) is 5.50. The van der Waals surface area contributed by atoms with Crippen molar-refractivity contribution >= 4 is 57.1 Å². The Morgan fingerprint density at radius 2 is 1.69 bits per heavy atom. The van der Waals surface area contributed by atoms with Crippen molar-refractivity contribution in [3.8, 4) is 0 Å². The molecule has 3 aromatic rings. The summed E-state index contributed by atoms with van der Waals surface area (Å²) >= 11 is 9.61. The first kappa shape index (κ1) is 21.9. The second kappa shape index (κ2) is 9.06. The number of halogens is 3. The number of anilines is 1. The number of carbonyl (C=O) groups excluding carboxylic acids is 3. The highest BCUT2D eigenvalue weighted by atomic mass is 79.9. The van der Waals surface area contributed by atoms with Crippen LogP contribution >= 0.6 is 27.5 Å². The first-order valence-corrected chi connectivity index (χ1v) is 10.7. The van der Waals surface area contributed by atoms with E-state index in [2.05, 4.69) is 21.2 Å². The smallest absolute Gasteiger partial charge is 0.273 e. The fraction of sp³-hybridized carbons (Fsp3) is 0.0417. The molecular formula is C24H15BrClFN2O3. The maximum atomic E-state index is 14.0. The average Bonchev–Trinajstić information content (AvgIpc) is 2.75. The summed E-state index contributed by atoms with van der Waals surface area (Å²) < 4.78 is 14.7. The molecule has 0 radical (unpaired) electrons. The van der Waals surface area contributed by atoms with Crippen LogP contribution in [0.1, 0.15) is 16.7 Å². The number of nitrogens with one attached hydrogen (secondary N) is 1. The summed E-state index contributed by atoms with van der Waals surface area (Å²) in [4.78, 5) is 38.5. The molecule has 5 nitrogen and oxygen atoms in total. The van der Waals surface area contributed by atoms with Crippen molar-refractivity contribution in [2.24, 2.45) is 0 Å². The zero-order valence-corrected chi connectivity index (χ0v) is 18.8. The lowest BCUT2D eigenvalue weighted by atomic mass is 10.0. The highest BCUT2D eigenvalue weighted by Gasteiger charge is 2.37. The Labute approximate surface area is 196 Å². The van der Waals surface area contributed by atoms with Gasteiger partial charge in [0, 0.05) is 10.9 Å². The molecular weight excluding hydrogens is 499 g/mol. The van der Waals surface area contributed by atoms with Gasteiger partial charge in [0.25, 0.3) is 11.8 Å². The first-order chi connectivity index (χ1) is 15.3. The number of benzene rings is 3. The summed E-state index contributed by atoms with van der Waals surface area (Å²) in [5, 5.41) is 2.37. The van der Waals surface area contributed by atoms with E-state index in [1.165, 1.54) is 18.2 Å². The molecule has 3 aromatic carbocycles. The Kier molecular flexibility index (Phi) is 6.21. The minimum atomic E-state index is -0.869. The van der Waals surface area contributed by atoms with Crippen LogP contribution in [0.3, 0.4) is 0 Å². The number of nitrogens with zero attached hydrogens (tertiary/aromatic N) is 1. The zero-order chi connectivity index (χ0) is 22.8. The molecule has 0 bridgehead atoms. The van der Waals surface area contributed by atoms with Crippen molar-refractivity contribution in [1.29, 1.82) is 0 Å². The van der Waals surface area contributed by atoms with E-state index in [0.717, 1.165) is 10.5 Å². The fourth-order valence-electron chi connectivity index (χ4n) is 3.32. The second-order valence-electron chi connectivity index (χ2n) is 7.03. The highest BCUT2D eigenvalue weighted by molar-refractivity contribution is 9.10. The SMILES string of the molecule is O=C1NC(=O)N(c2ccccc2Cl)C(=O)/C1=C/c1ccc(Cc2ccccc2F)c(Br)c1. The molecule has 1 saturated heterocycles. The Bertz CT molecular complexity index is 1290. The van der Waals surface area contributed by atoms with Crippen molar-refractivity contribution in [3.63, 3.8) is 0 Å². The van der Waals surface area contributed by atoms with Crippen LogP contribution in [0.5, 0.6) is 0 Å². The number of hydrogen-bond acceptors (Lipinski definition) is 3. The Morgan fingerprint density at radius 1 is 0.969 bits per heavy atom. The van der Waals surface area contributed by atoms with Gasteiger partial charge in [-0.15, -0.1) is 0 Å². The van der Waals surface area contributed by atoms with Gasteiger partial charge in [0.05, 0.1) is 10.7 Å². The molecule has 0 saturated carbocycles. The molecule has 0 aromatic heterocycles. The van der Waals surface area contributed by atoms with Gasteiger partial charge in [0.15, 0.2) is 0 Å². The van der Waals surface area contributed by atoms with E-state index in [1.54, 1.807) is 54.6 Å². The van der Waals surface area contributed by atoms with Crippen molar-refractivity contribution in [2.75, 3.05) is 4.90 Å². The molecule has 0 atom stereocenters. The number of rotatable bonds is 4. The Balaban J connectivity index is 1.65. The van der Waals surface area contributed by atoms with Gasteiger partial charge < -0.3 is 0 Å². The van der Waals surface area contributed by atoms with Crippen LogP contribution in [0.15, 0.2) is 76.8 Å². The summed E-state index contributed by atoms with van der Waals surface area (Å²) in [6.45, 7) is 0. The molecule has 0 unspecified atom stereocenters. The van der Waals surface area contributed by atoms with Crippen LogP contribution in [0.4, 0.5) is 14.9 Å². The van der Waals surface area contributed by atoms with Crippen molar-refractivity contribution in [2.45, 2.75) is 6.42 Å². The molecule has 4 amide bonds. The maximum Gasteiger partial charge on any atom is 0.335 e. The first-order valence-electron chi connectivity index (χ1n) is 9.53. The summed E-state index contributed by atoms with van der Waals surface area (Å²) in [5.74, 6) is -1.87. The second-order valence-corrected chi connectivity index (χ2v) is 8.29. The normalized spacial score (nSPS) is 15.3. The third-order valence-electron chi connectivity index (χ3n) is 4.92. The Morgan fingerprint density at radius 3 is 2.41 bits per heavy atom. The summed E-state index contributed by atoms with van der Waals surface area (Å²) in [6, 6.07) is 17.2. The average molecular weight is 514 g/mol. The number of hydrogen-bond donors (Lipinski definition) is 1. The van der Waals surface area contributed by atoms with E-state index in [-0.39, 0.29) is 22.1 Å².